The maximum atomic E-state index is 13.2. The Morgan fingerprint density at radius 2 is 1.97 bits per heavy atom. The Morgan fingerprint density at radius 3 is 2.65 bits per heavy atom. The quantitative estimate of drug-likeness (QED) is 0.514. The molecule has 1 amide bonds. The molecule has 2 heterocycles. The van der Waals surface area contributed by atoms with Crippen LogP contribution in [-0.4, -0.2) is 34.0 Å². The second kappa shape index (κ2) is 9.88. The number of hydrogen-bond acceptors (Lipinski definition) is 6. The van der Waals surface area contributed by atoms with Crippen molar-refractivity contribution in [1.82, 2.24) is 19.9 Å². The monoisotopic (exact) mass is 420 g/mol. The van der Waals surface area contributed by atoms with Gasteiger partial charge in [-0.2, -0.15) is 0 Å². The van der Waals surface area contributed by atoms with E-state index < -0.39 is 0 Å². The van der Waals surface area contributed by atoms with E-state index in [0.717, 1.165) is 12.0 Å². The van der Waals surface area contributed by atoms with Crippen molar-refractivity contribution in [3.63, 3.8) is 0 Å². The fourth-order valence-electron chi connectivity index (χ4n) is 3.33. The number of aromatic nitrogens is 3. The molecule has 162 valence electrons. The summed E-state index contributed by atoms with van der Waals surface area (Å²) in [7, 11) is 1.58. The van der Waals surface area contributed by atoms with Crippen LogP contribution in [0.3, 0.4) is 0 Å². The van der Waals surface area contributed by atoms with Crippen LogP contribution < -0.4 is 21.9 Å². The summed E-state index contributed by atoms with van der Waals surface area (Å²) in [5, 5.41) is 5.73. The highest BCUT2D eigenvalue weighted by molar-refractivity contribution is 5.79. The lowest BCUT2D eigenvalue weighted by atomic mass is 10.1. The first-order valence-corrected chi connectivity index (χ1v) is 10.3. The number of nitrogens with zero attached hydrogens (tertiary/aromatic N) is 3. The van der Waals surface area contributed by atoms with Gasteiger partial charge in [0.1, 0.15) is 0 Å². The standard InChI is InChI=1S/C23H28N6O2/c1-4-18-14-27-21(26-11-10-16-8-6-5-7-9-16)23(31)29(18)22-19(24)12-17(15(2)28-22)13-20(30)25-3/h5-9,12,14H,4,10-11,13,24H2,1-3H3,(H,25,30)(H,26,27). The normalized spacial score (nSPS) is 10.7. The van der Waals surface area contributed by atoms with E-state index in [-0.39, 0.29) is 23.7 Å². The Morgan fingerprint density at radius 1 is 1.23 bits per heavy atom. The second-order valence-corrected chi connectivity index (χ2v) is 7.25. The molecule has 3 aromatic rings. The van der Waals surface area contributed by atoms with Crippen LogP contribution in [0.1, 0.15) is 29.4 Å². The predicted molar refractivity (Wildman–Crippen MR) is 123 cm³/mol. The Labute approximate surface area is 181 Å². The number of hydrogen-bond donors (Lipinski definition) is 3. The zero-order chi connectivity index (χ0) is 22.4. The number of nitrogens with two attached hydrogens (primary N) is 1. The first-order chi connectivity index (χ1) is 14.9. The van der Waals surface area contributed by atoms with E-state index in [2.05, 4.69) is 20.6 Å². The third-order valence-corrected chi connectivity index (χ3v) is 5.11. The number of carbonyl (C=O) groups is 1. The number of amides is 1. The maximum absolute atomic E-state index is 13.2. The molecule has 0 aliphatic rings. The van der Waals surface area contributed by atoms with Crippen LogP contribution in [0.25, 0.3) is 5.82 Å². The molecule has 0 fully saturated rings. The minimum atomic E-state index is -0.301. The van der Waals surface area contributed by atoms with E-state index in [4.69, 9.17) is 5.73 Å². The zero-order valence-corrected chi connectivity index (χ0v) is 18.1. The summed E-state index contributed by atoms with van der Waals surface area (Å²) in [5.74, 6) is 0.479. The van der Waals surface area contributed by atoms with Gasteiger partial charge in [0.15, 0.2) is 11.6 Å². The van der Waals surface area contributed by atoms with Crippen LogP contribution in [0.15, 0.2) is 47.4 Å². The summed E-state index contributed by atoms with van der Waals surface area (Å²) in [5.41, 5.74) is 9.55. The van der Waals surface area contributed by atoms with Crippen molar-refractivity contribution in [3.05, 3.63) is 75.5 Å². The highest BCUT2D eigenvalue weighted by Gasteiger charge is 2.17. The summed E-state index contributed by atoms with van der Waals surface area (Å²) in [6.07, 6.45) is 3.21. The molecule has 0 spiro atoms. The maximum Gasteiger partial charge on any atom is 0.299 e. The van der Waals surface area contributed by atoms with Crippen molar-refractivity contribution in [2.75, 3.05) is 24.6 Å². The van der Waals surface area contributed by atoms with E-state index in [9.17, 15) is 9.59 Å². The predicted octanol–water partition coefficient (Wildman–Crippen LogP) is 2.02. The molecule has 2 aromatic heterocycles. The Bertz CT molecular complexity index is 1120. The van der Waals surface area contributed by atoms with Gasteiger partial charge >= 0.3 is 0 Å². The van der Waals surface area contributed by atoms with Crippen molar-refractivity contribution in [1.29, 1.82) is 0 Å². The fraction of sp³-hybridized carbons (Fsp3) is 0.304. The van der Waals surface area contributed by atoms with Crippen molar-refractivity contribution in [3.8, 4) is 5.82 Å². The largest absolute Gasteiger partial charge is 0.396 e. The average Bonchev–Trinajstić information content (AvgIpc) is 2.77. The van der Waals surface area contributed by atoms with Crippen molar-refractivity contribution in [2.45, 2.75) is 33.1 Å². The summed E-state index contributed by atoms with van der Waals surface area (Å²) in [6.45, 7) is 4.32. The van der Waals surface area contributed by atoms with Crippen LogP contribution >= 0.6 is 0 Å². The Balaban J connectivity index is 1.93. The first kappa shape index (κ1) is 22.0. The van der Waals surface area contributed by atoms with Gasteiger partial charge in [-0.25, -0.2) is 9.97 Å². The molecule has 0 saturated carbocycles. The molecule has 0 aliphatic heterocycles. The first-order valence-electron chi connectivity index (χ1n) is 10.3. The molecular weight excluding hydrogens is 392 g/mol. The van der Waals surface area contributed by atoms with Crippen LogP contribution in [0.5, 0.6) is 0 Å². The number of anilines is 2. The van der Waals surface area contributed by atoms with Gasteiger partial charge in [0, 0.05) is 31.2 Å². The number of nitrogen functional groups attached to an aromatic ring is 1. The molecular formula is C23H28N6O2. The van der Waals surface area contributed by atoms with Crippen LogP contribution in [0.4, 0.5) is 11.5 Å². The summed E-state index contributed by atoms with van der Waals surface area (Å²) in [6, 6.07) is 11.7. The summed E-state index contributed by atoms with van der Waals surface area (Å²) < 4.78 is 1.50. The van der Waals surface area contributed by atoms with Crippen molar-refractivity contribution >= 4 is 17.4 Å². The molecule has 31 heavy (non-hydrogen) atoms. The van der Waals surface area contributed by atoms with E-state index in [1.807, 2.05) is 37.3 Å². The van der Waals surface area contributed by atoms with Gasteiger partial charge in [0.25, 0.3) is 5.56 Å². The topological polar surface area (TPSA) is 115 Å². The van der Waals surface area contributed by atoms with Gasteiger partial charge in [0.2, 0.25) is 5.91 Å². The van der Waals surface area contributed by atoms with E-state index in [1.165, 1.54) is 10.1 Å². The molecule has 0 atom stereocenters. The SMILES string of the molecule is CCc1cnc(NCCc2ccccc2)c(=O)n1-c1nc(C)c(CC(=O)NC)cc1N. The second-order valence-electron chi connectivity index (χ2n) is 7.25. The number of nitrogens with one attached hydrogen (secondary N) is 2. The van der Waals surface area contributed by atoms with Crippen LogP contribution in [0.2, 0.25) is 0 Å². The third kappa shape index (κ3) is 5.09. The smallest absolute Gasteiger partial charge is 0.299 e. The summed E-state index contributed by atoms with van der Waals surface area (Å²) in [4.78, 5) is 33.9. The number of benzene rings is 1. The highest BCUT2D eigenvalue weighted by Crippen LogP contribution is 2.20. The summed E-state index contributed by atoms with van der Waals surface area (Å²) >= 11 is 0. The van der Waals surface area contributed by atoms with Gasteiger partial charge in [-0.05, 0) is 37.0 Å². The molecule has 1 aromatic carbocycles. The molecule has 8 heteroatoms. The molecule has 4 N–H and O–H groups in total. The molecule has 0 saturated heterocycles. The van der Waals surface area contributed by atoms with E-state index in [1.54, 1.807) is 26.2 Å². The van der Waals surface area contributed by atoms with Gasteiger partial charge in [-0.15, -0.1) is 0 Å². The fourth-order valence-corrected chi connectivity index (χ4v) is 3.33. The van der Waals surface area contributed by atoms with Crippen LogP contribution in [-0.2, 0) is 24.1 Å². The lowest BCUT2D eigenvalue weighted by Gasteiger charge is -2.16. The van der Waals surface area contributed by atoms with Gasteiger partial charge < -0.3 is 16.4 Å². The molecule has 0 radical (unpaired) electrons. The lowest BCUT2D eigenvalue weighted by molar-refractivity contribution is -0.119. The molecule has 0 aliphatic carbocycles. The minimum absolute atomic E-state index is 0.128. The van der Waals surface area contributed by atoms with E-state index >= 15 is 0 Å². The number of carbonyl (C=O) groups excluding carboxylic acids is 1. The van der Waals surface area contributed by atoms with Crippen molar-refractivity contribution < 1.29 is 4.79 Å². The van der Waals surface area contributed by atoms with Crippen LogP contribution in [0, 0.1) is 6.92 Å². The average molecular weight is 421 g/mol. The van der Waals surface area contributed by atoms with Crippen molar-refractivity contribution in [2.24, 2.45) is 0 Å². The van der Waals surface area contributed by atoms with Gasteiger partial charge in [0.05, 0.1) is 12.1 Å². The van der Waals surface area contributed by atoms with E-state index in [0.29, 0.717) is 35.9 Å². The molecule has 8 nitrogen and oxygen atoms in total. The highest BCUT2D eigenvalue weighted by atomic mass is 16.1. The Hall–Kier alpha value is -3.68. The third-order valence-electron chi connectivity index (χ3n) is 5.11. The number of likely N-dealkylation sites (N-methyl/N-ethyl adjacent to an activating group) is 1. The number of rotatable bonds is 8. The number of pyridine rings is 1. The van der Waals surface area contributed by atoms with Gasteiger partial charge in [-0.3, -0.25) is 14.2 Å². The molecule has 0 bridgehead atoms. The van der Waals surface area contributed by atoms with Gasteiger partial charge in [-0.1, -0.05) is 37.3 Å². The minimum Gasteiger partial charge on any atom is -0.396 e. The molecule has 3 rings (SSSR count). The zero-order valence-electron chi connectivity index (χ0n) is 18.1. The lowest BCUT2D eigenvalue weighted by Crippen LogP contribution is -2.28. The molecule has 0 unspecified atom stereocenters. The number of aryl methyl sites for hydroxylation is 2. The Kier molecular flexibility index (Phi) is 7.02.